The van der Waals surface area contributed by atoms with Gasteiger partial charge in [-0.15, -0.1) is 0 Å². The second-order valence-electron chi connectivity index (χ2n) is 5.89. The van der Waals surface area contributed by atoms with Crippen LogP contribution in [-0.4, -0.2) is 54.9 Å². The number of carbonyl (C=O) groups is 1. The monoisotopic (exact) mass is 365 g/mol. The Morgan fingerprint density at radius 3 is 2.62 bits per heavy atom. The molecule has 0 saturated carbocycles. The predicted molar refractivity (Wildman–Crippen MR) is 104 cm³/mol. The molecule has 1 amide bonds. The highest BCUT2D eigenvalue weighted by Crippen LogP contribution is 2.26. The molecule has 24 heavy (non-hydrogen) atoms. The van der Waals surface area contributed by atoms with Gasteiger partial charge >= 0.3 is 6.09 Å². The van der Waals surface area contributed by atoms with E-state index < -0.39 is 0 Å². The van der Waals surface area contributed by atoms with Crippen LogP contribution in [0, 0.1) is 0 Å². The summed E-state index contributed by atoms with van der Waals surface area (Å²) in [6, 6.07) is 8.20. The van der Waals surface area contributed by atoms with Gasteiger partial charge in [0.1, 0.15) is 6.10 Å². The number of rotatable bonds is 5. The van der Waals surface area contributed by atoms with Crippen molar-refractivity contribution in [2.24, 2.45) is 0 Å². The average Bonchev–Trinajstić information content (AvgIpc) is 3.01. The van der Waals surface area contributed by atoms with Crippen LogP contribution in [0.25, 0.3) is 0 Å². The fraction of sp³-hybridized carbons (Fsp3) is 0.529. The first kappa shape index (κ1) is 17.4. The fourth-order valence-corrected chi connectivity index (χ4v) is 3.84. The van der Waals surface area contributed by atoms with Crippen LogP contribution in [0.3, 0.4) is 0 Å². The lowest BCUT2D eigenvalue weighted by molar-refractivity contribution is 0.143. The van der Waals surface area contributed by atoms with E-state index in [4.69, 9.17) is 17.0 Å². The predicted octanol–water partition coefficient (Wildman–Crippen LogP) is 2.89. The second-order valence-corrected chi connectivity index (χ2v) is 7.61. The summed E-state index contributed by atoms with van der Waals surface area (Å²) < 4.78 is 5.42. The van der Waals surface area contributed by atoms with Gasteiger partial charge in [-0.2, -0.15) is 11.8 Å². The maximum absolute atomic E-state index is 12.1. The molecule has 1 N–H and O–H groups in total. The molecule has 7 heteroatoms. The van der Waals surface area contributed by atoms with Crippen molar-refractivity contribution in [3.8, 4) is 0 Å². The SMILES string of the molecule is CCC(=S)NC[C@H]1CN(c2ccc(N3CCSCC3)cc2)C(=O)O1. The summed E-state index contributed by atoms with van der Waals surface area (Å²) in [5.41, 5.74) is 2.11. The third-order valence-electron chi connectivity index (χ3n) is 4.26. The Bertz CT molecular complexity index is 588. The first-order valence-corrected chi connectivity index (χ1v) is 9.91. The van der Waals surface area contributed by atoms with E-state index in [0.29, 0.717) is 13.1 Å². The molecule has 0 bridgehead atoms. The van der Waals surface area contributed by atoms with E-state index in [0.717, 1.165) is 30.2 Å². The molecule has 0 unspecified atom stereocenters. The Balaban J connectivity index is 1.59. The zero-order chi connectivity index (χ0) is 16.9. The van der Waals surface area contributed by atoms with Crippen molar-refractivity contribution in [2.75, 3.05) is 47.5 Å². The number of carbonyl (C=O) groups excluding carboxylic acids is 1. The van der Waals surface area contributed by atoms with Gasteiger partial charge < -0.3 is 15.0 Å². The molecule has 2 heterocycles. The second kappa shape index (κ2) is 8.07. The topological polar surface area (TPSA) is 44.8 Å². The van der Waals surface area contributed by atoms with Crippen molar-refractivity contribution in [3.63, 3.8) is 0 Å². The summed E-state index contributed by atoms with van der Waals surface area (Å²) in [6.07, 6.45) is 0.350. The van der Waals surface area contributed by atoms with Gasteiger partial charge in [-0.05, 0) is 30.7 Å². The van der Waals surface area contributed by atoms with E-state index in [2.05, 4.69) is 22.3 Å². The molecule has 2 fully saturated rings. The third-order valence-corrected chi connectivity index (χ3v) is 5.64. The molecule has 5 nitrogen and oxygen atoms in total. The van der Waals surface area contributed by atoms with Gasteiger partial charge in [-0.3, -0.25) is 4.90 Å². The van der Waals surface area contributed by atoms with Crippen molar-refractivity contribution in [2.45, 2.75) is 19.4 Å². The van der Waals surface area contributed by atoms with Crippen molar-refractivity contribution in [1.82, 2.24) is 5.32 Å². The molecule has 1 aromatic rings. The normalized spacial score (nSPS) is 20.9. The Kier molecular flexibility index (Phi) is 5.84. The quantitative estimate of drug-likeness (QED) is 0.810. The lowest BCUT2D eigenvalue weighted by atomic mass is 10.2. The molecule has 2 saturated heterocycles. The number of amides is 1. The standard InChI is InChI=1S/C17H23N3O2S2/c1-2-16(23)18-11-15-12-20(17(21)22-15)14-5-3-13(4-6-14)19-7-9-24-10-8-19/h3-6,15H,2,7-12H2,1H3,(H,18,23)/t15-/m0/s1. The summed E-state index contributed by atoms with van der Waals surface area (Å²) in [5.74, 6) is 2.35. The van der Waals surface area contributed by atoms with Crippen molar-refractivity contribution >= 4 is 46.4 Å². The molecule has 1 atom stereocenters. The molecule has 0 radical (unpaired) electrons. The lowest BCUT2D eigenvalue weighted by Crippen LogP contribution is -2.33. The molecule has 0 aromatic heterocycles. The van der Waals surface area contributed by atoms with E-state index in [1.165, 1.54) is 17.2 Å². The number of ether oxygens (including phenoxy) is 1. The van der Waals surface area contributed by atoms with E-state index in [-0.39, 0.29) is 12.2 Å². The molecule has 130 valence electrons. The van der Waals surface area contributed by atoms with Gasteiger partial charge in [0, 0.05) is 36.0 Å². The molecule has 3 rings (SSSR count). The summed E-state index contributed by atoms with van der Waals surface area (Å²) in [5, 5.41) is 3.14. The zero-order valence-corrected chi connectivity index (χ0v) is 15.5. The minimum absolute atomic E-state index is 0.166. The number of thiocarbonyl (C=S) groups is 1. The van der Waals surface area contributed by atoms with Crippen LogP contribution >= 0.6 is 24.0 Å². The van der Waals surface area contributed by atoms with Gasteiger partial charge in [0.25, 0.3) is 0 Å². The summed E-state index contributed by atoms with van der Waals surface area (Å²) in [7, 11) is 0. The van der Waals surface area contributed by atoms with E-state index >= 15 is 0 Å². The smallest absolute Gasteiger partial charge is 0.414 e. The number of thioether (sulfide) groups is 1. The maximum atomic E-state index is 12.1. The Morgan fingerprint density at radius 1 is 1.29 bits per heavy atom. The van der Waals surface area contributed by atoms with Crippen LogP contribution in [0.4, 0.5) is 16.2 Å². The lowest BCUT2D eigenvalue weighted by Gasteiger charge is -2.28. The van der Waals surface area contributed by atoms with Gasteiger partial charge in [-0.25, -0.2) is 4.79 Å². The van der Waals surface area contributed by atoms with Crippen molar-refractivity contribution < 1.29 is 9.53 Å². The highest BCUT2D eigenvalue weighted by Gasteiger charge is 2.32. The summed E-state index contributed by atoms with van der Waals surface area (Å²) in [6.45, 7) is 5.29. The molecule has 2 aliphatic rings. The van der Waals surface area contributed by atoms with Gasteiger partial charge in [0.2, 0.25) is 0 Å². The van der Waals surface area contributed by atoms with E-state index in [1.807, 2.05) is 30.8 Å². The summed E-state index contributed by atoms with van der Waals surface area (Å²) >= 11 is 7.15. The van der Waals surface area contributed by atoms with Gasteiger partial charge in [0.05, 0.1) is 18.1 Å². The van der Waals surface area contributed by atoms with Crippen LogP contribution in [0.5, 0.6) is 0 Å². The highest BCUT2D eigenvalue weighted by molar-refractivity contribution is 7.99. The molecule has 2 aliphatic heterocycles. The number of anilines is 2. The zero-order valence-electron chi connectivity index (χ0n) is 13.9. The van der Waals surface area contributed by atoms with E-state index in [1.54, 1.807) is 4.90 Å². The molecular weight excluding hydrogens is 342 g/mol. The third kappa shape index (κ3) is 4.13. The largest absolute Gasteiger partial charge is 0.442 e. The molecule has 0 aliphatic carbocycles. The minimum Gasteiger partial charge on any atom is -0.442 e. The number of benzene rings is 1. The highest BCUT2D eigenvalue weighted by atomic mass is 32.2. The van der Waals surface area contributed by atoms with Crippen LogP contribution in [0.1, 0.15) is 13.3 Å². The Labute approximate surface area is 152 Å². The van der Waals surface area contributed by atoms with E-state index in [9.17, 15) is 4.79 Å². The van der Waals surface area contributed by atoms with Crippen molar-refractivity contribution in [1.29, 1.82) is 0 Å². The Morgan fingerprint density at radius 2 is 1.96 bits per heavy atom. The average molecular weight is 366 g/mol. The van der Waals surface area contributed by atoms with Gasteiger partial charge in [0.15, 0.2) is 0 Å². The molecule has 0 spiro atoms. The Hall–Kier alpha value is -1.47. The summed E-state index contributed by atoms with van der Waals surface area (Å²) in [4.78, 5) is 17.0. The van der Waals surface area contributed by atoms with Gasteiger partial charge in [-0.1, -0.05) is 19.1 Å². The number of nitrogens with zero attached hydrogens (tertiary/aromatic N) is 2. The van der Waals surface area contributed by atoms with Crippen LogP contribution < -0.4 is 15.1 Å². The first-order chi connectivity index (χ1) is 11.7. The maximum Gasteiger partial charge on any atom is 0.414 e. The fourth-order valence-electron chi connectivity index (χ4n) is 2.86. The minimum atomic E-state index is -0.286. The first-order valence-electron chi connectivity index (χ1n) is 8.35. The van der Waals surface area contributed by atoms with Crippen LogP contribution in [0.2, 0.25) is 0 Å². The number of hydrogen-bond acceptors (Lipinski definition) is 5. The van der Waals surface area contributed by atoms with Crippen molar-refractivity contribution in [3.05, 3.63) is 24.3 Å². The molecule has 1 aromatic carbocycles. The van der Waals surface area contributed by atoms with Crippen LogP contribution in [0.15, 0.2) is 24.3 Å². The van der Waals surface area contributed by atoms with Crippen LogP contribution in [-0.2, 0) is 4.74 Å². The number of cyclic esters (lactones) is 1. The number of hydrogen-bond donors (Lipinski definition) is 1. The molecular formula is C17H23N3O2S2. The number of nitrogens with one attached hydrogen (secondary N) is 1.